The van der Waals surface area contributed by atoms with E-state index in [0.717, 1.165) is 22.1 Å². The van der Waals surface area contributed by atoms with Crippen LogP contribution >= 0.6 is 0 Å². The van der Waals surface area contributed by atoms with E-state index in [4.69, 9.17) is 4.42 Å². The Morgan fingerprint density at radius 2 is 1.36 bits per heavy atom. The molecule has 5 rings (SSSR count). The van der Waals surface area contributed by atoms with Gasteiger partial charge in [-0.1, -0.05) is 58.6 Å². The summed E-state index contributed by atoms with van der Waals surface area (Å²) < 4.78 is 74.2. The van der Waals surface area contributed by atoms with Gasteiger partial charge in [0.2, 0.25) is 11.1 Å². The number of aryl methyl sites for hydroxylation is 1. The van der Waals surface area contributed by atoms with Crippen molar-refractivity contribution < 1.29 is 30.1 Å². The summed E-state index contributed by atoms with van der Waals surface area (Å²) in [7, 11) is -9.87. The summed E-state index contributed by atoms with van der Waals surface area (Å²) in [6, 6.07) is 19.8. The molecule has 0 unspecified atom stereocenters. The van der Waals surface area contributed by atoms with Crippen LogP contribution in [0.3, 0.4) is 0 Å². The van der Waals surface area contributed by atoms with Crippen molar-refractivity contribution in [3.8, 4) is 0 Å². The van der Waals surface area contributed by atoms with Crippen LogP contribution in [0, 0.1) is 6.92 Å². The molecule has 184 valence electrons. The molecule has 4 nitrogen and oxygen atoms in total. The summed E-state index contributed by atoms with van der Waals surface area (Å²) in [5.74, 6) is 1.40. The molecule has 10 heteroatoms. The third-order valence-electron chi connectivity index (χ3n) is 5.26. The first-order valence-electron chi connectivity index (χ1n) is 10.8. The van der Waals surface area contributed by atoms with Crippen molar-refractivity contribution in [2.45, 2.75) is 11.8 Å². The number of benzene rings is 2. The molecular formula is C26H20BF4NO3S. The number of fused-ring (bicyclic) bond motifs is 1. The van der Waals surface area contributed by atoms with Gasteiger partial charge in [0.15, 0.2) is 0 Å². The Kier molecular flexibility index (Phi) is 6.98. The molecule has 1 aliphatic heterocycles. The van der Waals surface area contributed by atoms with E-state index in [1.54, 1.807) is 24.3 Å². The molecule has 0 fully saturated rings. The van der Waals surface area contributed by atoms with Crippen molar-refractivity contribution in [1.29, 1.82) is 0 Å². The van der Waals surface area contributed by atoms with Gasteiger partial charge in [0, 0.05) is 11.6 Å². The summed E-state index contributed by atoms with van der Waals surface area (Å²) in [6.45, 7) is 1.88. The number of para-hydroxylation sites is 1. The Balaban J connectivity index is 0.000000556. The molecule has 0 bridgehead atoms. The Hall–Kier alpha value is -3.92. The van der Waals surface area contributed by atoms with Gasteiger partial charge in [-0.05, 0) is 49.4 Å². The van der Waals surface area contributed by atoms with Gasteiger partial charge in [0.05, 0.1) is 5.22 Å². The summed E-state index contributed by atoms with van der Waals surface area (Å²) >= 11 is 0. The van der Waals surface area contributed by atoms with E-state index in [1.807, 2.05) is 85.8 Å². The second-order valence-electron chi connectivity index (χ2n) is 7.79. The Morgan fingerprint density at radius 3 is 1.94 bits per heavy atom. The van der Waals surface area contributed by atoms with E-state index in [2.05, 4.69) is 0 Å². The van der Waals surface area contributed by atoms with Crippen LogP contribution < -0.4 is 14.6 Å². The van der Waals surface area contributed by atoms with Gasteiger partial charge >= 0.3 is 17.3 Å². The third-order valence-corrected chi connectivity index (χ3v) is 6.99. The molecule has 3 aromatic rings. The summed E-state index contributed by atoms with van der Waals surface area (Å²) in [5.41, 5.74) is 2.12. The van der Waals surface area contributed by atoms with E-state index >= 15 is 0 Å². The lowest BCUT2D eigenvalue weighted by Crippen LogP contribution is -2.37. The topological polar surface area (TPSA) is 50.3 Å². The fraction of sp³-hybridized carbons (Fsp3) is 0.0385. The van der Waals surface area contributed by atoms with E-state index in [-0.39, 0.29) is 4.90 Å². The first-order valence-corrected chi connectivity index (χ1v) is 12.3. The maximum atomic E-state index is 13.9. The Morgan fingerprint density at radius 1 is 0.778 bits per heavy atom. The van der Waals surface area contributed by atoms with E-state index in [0.29, 0.717) is 16.8 Å². The lowest BCUT2D eigenvalue weighted by atomic mass is 10.0. The molecule has 0 spiro atoms. The normalized spacial score (nSPS) is 15.0. The first kappa shape index (κ1) is 25.2. The van der Waals surface area contributed by atoms with Gasteiger partial charge in [-0.2, -0.15) is 8.42 Å². The van der Waals surface area contributed by atoms with Crippen molar-refractivity contribution >= 4 is 22.9 Å². The van der Waals surface area contributed by atoms with Crippen LogP contribution in [-0.2, 0) is 10.0 Å². The van der Waals surface area contributed by atoms with Gasteiger partial charge in [-0.25, -0.2) is 0 Å². The summed E-state index contributed by atoms with van der Waals surface area (Å²) in [4.78, 5) is 0.236. The largest absolute Gasteiger partial charge is 0.673 e. The second-order valence-corrected chi connectivity index (χ2v) is 9.57. The van der Waals surface area contributed by atoms with Crippen LogP contribution in [0.1, 0.15) is 11.5 Å². The van der Waals surface area contributed by atoms with E-state index in [1.165, 1.54) is 3.98 Å². The average Bonchev–Trinajstić information content (AvgIpc) is 3.29. The SMILES string of the molecule is Cc1ccc(C2=c3ccccc3=[N+](S(=O)(=O)c3ccccc3)C2=C2C=CC=CC=C2)o1.F[B-](F)(F)F. The van der Waals surface area contributed by atoms with Gasteiger partial charge in [0.25, 0.3) is 0 Å². The zero-order chi connectivity index (χ0) is 25.9. The number of nitrogens with zero attached hydrogens (tertiary/aromatic N) is 1. The quantitative estimate of drug-likeness (QED) is 0.284. The van der Waals surface area contributed by atoms with Crippen molar-refractivity contribution in [1.82, 2.24) is 3.98 Å². The highest BCUT2D eigenvalue weighted by molar-refractivity contribution is 7.90. The molecule has 2 aliphatic rings. The lowest BCUT2D eigenvalue weighted by molar-refractivity contribution is 0.368. The highest BCUT2D eigenvalue weighted by Crippen LogP contribution is 2.30. The molecule has 0 atom stereocenters. The van der Waals surface area contributed by atoms with Gasteiger partial charge in [-0.15, -0.1) is 0 Å². The molecule has 0 amide bonds. The maximum absolute atomic E-state index is 13.9. The van der Waals surface area contributed by atoms with Crippen LogP contribution in [-0.4, -0.2) is 15.7 Å². The van der Waals surface area contributed by atoms with Crippen LogP contribution in [0.5, 0.6) is 0 Å². The van der Waals surface area contributed by atoms with Gasteiger partial charge in [-0.3, -0.25) is 0 Å². The molecule has 1 aliphatic carbocycles. The molecule has 36 heavy (non-hydrogen) atoms. The monoisotopic (exact) mass is 513 g/mol. The predicted octanol–water partition coefficient (Wildman–Crippen LogP) is 4.92. The fourth-order valence-corrected chi connectivity index (χ4v) is 5.47. The van der Waals surface area contributed by atoms with Crippen LogP contribution in [0.2, 0.25) is 0 Å². The fourth-order valence-electron chi connectivity index (χ4n) is 3.90. The standard InChI is InChI=1S/C26H20NO3S.BF4/c1-19-17-18-24(30-19)25-22-15-9-10-16-23(22)27(26(25)20-11-5-2-3-6-12-20)31(28,29)21-13-7-4-8-14-21;2-1(3,4)5/h2-18H,1H3;/q+1;-1. The van der Waals surface area contributed by atoms with Crippen LogP contribution in [0.4, 0.5) is 17.3 Å². The Bertz CT molecular complexity index is 1620. The molecular weight excluding hydrogens is 493 g/mol. The molecule has 2 aromatic carbocycles. The highest BCUT2D eigenvalue weighted by atomic mass is 32.2. The highest BCUT2D eigenvalue weighted by Gasteiger charge is 2.41. The smallest absolute Gasteiger partial charge is 0.461 e. The molecule has 0 N–H and O–H groups in total. The first-order chi connectivity index (χ1) is 17.1. The third kappa shape index (κ3) is 5.33. The van der Waals surface area contributed by atoms with Crippen LogP contribution in [0.25, 0.3) is 5.57 Å². The average molecular weight is 513 g/mol. The zero-order valence-corrected chi connectivity index (χ0v) is 19.8. The maximum Gasteiger partial charge on any atom is 0.673 e. The molecule has 1 aromatic heterocycles. The second kappa shape index (κ2) is 9.98. The van der Waals surface area contributed by atoms with Gasteiger partial charge < -0.3 is 21.7 Å². The number of halogens is 4. The minimum Gasteiger partial charge on any atom is -0.461 e. The number of allylic oxidation sites excluding steroid dienone is 8. The van der Waals surface area contributed by atoms with Gasteiger partial charge in [0.1, 0.15) is 22.0 Å². The number of sulfonamides is 1. The lowest BCUT2D eigenvalue weighted by Gasteiger charge is -2.08. The van der Waals surface area contributed by atoms with Crippen molar-refractivity contribution in [3.63, 3.8) is 0 Å². The molecule has 0 radical (unpaired) electrons. The molecule has 2 heterocycles. The van der Waals surface area contributed by atoms with Crippen molar-refractivity contribution in [2.24, 2.45) is 0 Å². The predicted molar refractivity (Wildman–Crippen MR) is 131 cm³/mol. The molecule has 0 saturated carbocycles. The minimum atomic E-state index is -6.00. The number of rotatable bonds is 3. The van der Waals surface area contributed by atoms with Crippen molar-refractivity contribution in [2.75, 3.05) is 0 Å². The number of furan rings is 1. The van der Waals surface area contributed by atoms with Crippen LogP contribution in [0.15, 0.2) is 124 Å². The molecule has 0 saturated heterocycles. The zero-order valence-electron chi connectivity index (χ0n) is 19.0. The number of hydrogen-bond acceptors (Lipinski definition) is 3. The van der Waals surface area contributed by atoms with Crippen molar-refractivity contribution in [3.05, 3.63) is 137 Å². The Labute approximate surface area is 205 Å². The van der Waals surface area contributed by atoms with E-state index in [9.17, 15) is 25.7 Å². The number of hydrogen-bond donors (Lipinski definition) is 0. The summed E-state index contributed by atoms with van der Waals surface area (Å²) in [5, 5.41) is 1.43. The minimum absolute atomic E-state index is 0.236. The van der Waals surface area contributed by atoms with E-state index < -0.39 is 17.3 Å². The summed E-state index contributed by atoms with van der Waals surface area (Å²) in [6.07, 6.45) is 11.5.